The quantitative estimate of drug-likeness (QED) is 0.767. The Morgan fingerprint density at radius 2 is 1.95 bits per heavy atom. The molecule has 0 bridgehead atoms. The molecule has 0 fully saturated rings. The van der Waals surface area contributed by atoms with Gasteiger partial charge >= 0.3 is 5.97 Å². The molecule has 0 radical (unpaired) electrons. The Morgan fingerprint density at radius 1 is 1.27 bits per heavy atom. The van der Waals surface area contributed by atoms with Gasteiger partial charge in [0.15, 0.2) is 0 Å². The van der Waals surface area contributed by atoms with Crippen molar-refractivity contribution in [2.45, 2.75) is 24.2 Å². The van der Waals surface area contributed by atoms with Gasteiger partial charge in [0.2, 0.25) is 0 Å². The highest BCUT2D eigenvalue weighted by Crippen LogP contribution is 2.23. The molecule has 118 valence electrons. The van der Waals surface area contributed by atoms with E-state index in [1.807, 2.05) is 0 Å². The fraction of sp³-hybridized carbons (Fsp3) is 0.333. The van der Waals surface area contributed by atoms with Crippen LogP contribution in [-0.2, 0) is 24.3 Å². The van der Waals surface area contributed by atoms with Crippen LogP contribution in [0.25, 0.3) is 0 Å². The molecule has 1 aromatic carbocycles. The molecule has 0 spiro atoms. The predicted octanol–water partition coefficient (Wildman–Crippen LogP) is 1.49. The van der Waals surface area contributed by atoms with Gasteiger partial charge in [-0.3, -0.25) is 9.59 Å². The average Bonchev–Trinajstić information content (AvgIpc) is 2.54. The van der Waals surface area contributed by atoms with E-state index in [9.17, 15) is 18.0 Å². The summed E-state index contributed by atoms with van der Waals surface area (Å²) in [6, 6.07) is 7.83. The number of ether oxygens (including phenoxy) is 1. The number of benzene rings is 1. The Hall–Kier alpha value is -2.15. The Bertz CT molecular complexity index is 694. The van der Waals surface area contributed by atoms with E-state index in [1.165, 1.54) is 19.2 Å². The lowest BCUT2D eigenvalue weighted by Gasteiger charge is -2.26. The van der Waals surface area contributed by atoms with Gasteiger partial charge in [-0.25, -0.2) is 12.7 Å². The van der Waals surface area contributed by atoms with Crippen molar-refractivity contribution in [3.05, 3.63) is 42.0 Å². The molecular formula is C15H17NO5S. The van der Waals surface area contributed by atoms with Crippen LogP contribution in [0.3, 0.4) is 0 Å². The molecule has 0 aromatic heterocycles. The summed E-state index contributed by atoms with van der Waals surface area (Å²) < 4.78 is 30.4. The van der Waals surface area contributed by atoms with E-state index >= 15 is 0 Å². The number of esters is 1. The van der Waals surface area contributed by atoms with Crippen LogP contribution in [0.2, 0.25) is 0 Å². The van der Waals surface area contributed by atoms with Crippen molar-refractivity contribution in [2.24, 2.45) is 0 Å². The first-order chi connectivity index (χ1) is 10.5. The average molecular weight is 323 g/mol. The second kappa shape index (κ2) is 6.74. The summed E-state index contributed by atoms with van der Waals surface area (Å²) in [7, 11) is -2.59. The topological polar surface area (TPSA) is 80.8 Å². The molecule has 0 N–H and O–H groups in total. The monoisotopic (exact) mass is 323 g/mol. The molecule has 1 aliphatic heterocycles. The Morgan fingerprint density at radius 3 is 2.59 bits per heavy atom. The molecule has 6 nitrogen and oxygen atoms in total. The second-order valence-electron chi connectivity index (χ2n) is 4.79. The Balaban J connectivity index is 2.19. The fourth-order valence-electron chi connectivity index (χ4n) is 2.20. The molecule has 1 amide bonds. The third-order valence-corrected chi connectivity index (χ3v) is 5.18. The van der Waals surface area contributed by atoms with Crippen LogP contribution in [-0.4, -0.2) is 38.3 Å². The van der Waals surface area contributed by atoms with Crippen molar-refractivity contribution < 1.29 is 22.7 Å². The van der Waals surface area contributed by atoms with Crippen molar-refractivity contribution >= 4 is 21.9 Å². The summed E-state index contributed by atoms with van der Waals surface area (Å²) in [5.41, 5.74) is 0.330. The summed E-state index contributed by atoms with van der Waals surface area (Å²) in [5.74, 6) is -1.00. The minimum Gasteiger partial charge on any atom is -0.469 e. The van der Waals surface area contributed by atoms with Crippen LogP contribution in [0.5, 0.6) is 0 Å². The minimum absolute atomic E-state index is 0.0489. The largest absolute Gasteiger partial charge is 0.469 e. The van der Waals surface area contributed by atoms with Gasteiger partial charge in [0.1, 0.15) is 0 Å². The lowest BCUT2D eigenvalue weighted by atomic mass is 10.1. The van der Waals surface area contributed by atoms with Crippen LogP contribution in [0.1, 0.15) is 19.3 Å². The van der Waals surface area contributed by atoms with Crippen LogP contribution in [0.15, 0.2) is 46.9 Å². The first-order valence-corrected chi connectivity index (χ1v) is 8.29. The number of nitrogens with zero attached hydrogens (tertiary/aromatic N) is 1. The Labute approximate surface area is 129 Å². The number of hydrogen-bond donors (Lipinski definition) is 0. The summed E-state index contributed by atoms with van der Waals surface area (Å²) in [4.78, 5) is 23.6. The maximum Gasteiger partial charge on any atom is 0.305 e. The molecule has 0 atom stereocenters. The van der Waals surface area contributed by atoms with Crippen molar-refractivity contribution in [3.8, 4) is 0 Å². The SMILES string of the molecule is COC(=O)CCC1=CCCN(S(=O)(=O)c2ccccc2)C1=O. The van der Waals surface area contributed by atoms with E-state index < -0.39 is 21.9 Å². The first-order valence-electron chi connectivity index (χ1n) is 6.85. The van der Waals surface area contributed by atoms with Gasteiger partial charge in [0.25, 0.3) is 15.9 Å². The van der Waals surface area contributed by atoms with Gasteiger partial charge < -0.3 is 4.74 Å². The molecular weight excluding hydrogens is 306 g/mol. The summed E-state index contributed by atoms with van der Waals surface area (Å²) >= 11 is 0. The fourth-order valence-corrected chi connectivity index (χ4v) is 3.64. The number of amides is 1. The molecule has 0 unspecified atom stereocenters. The van der Waals surface area contributed by atoms with Gasteiger partial charge in [-0.15, -0.1) is 0 Å². The summed E-state index contributed by atoms with van der Waals surface area (Å²) in [6.45, 7) is 0.109. The molecule has 7 heteroatoms. The lowest BCUT2D eigenvalue weighted by molar-refractivity contribution is -0.140. The number of carbonyl (C=O) groups is 2. The van der Waals surface area contributed by atoms with Crippen molar-refractivity contribution in [1.29, 1.82) is 0 Å². The predicted molar refractivity (Wildman–Crippen MR) is 79.3 cm³/mol. The Kier molecular flexibility index (Phi) is 4.97. The van der Waals surface area contributed by atoms with E-state index in [1.54, 1.807) is 24.3 Å². The highest BCUT2D eigenvalue weighted by molar-refractivity contribution is 7.89. The van der Waals surface area contributed by atoms with Crippen molar-refractivity contribution in [1.82, 2.24) is 4.31 Å². The van der Waals surface area contributed by atoms with Gasteiger partial charge in [-0.2, -0.15) is 0 Å². The van der Waals surface area contributed by atoms with Gasteiger partial charge in [-0.1, -0.05) is 24.3 Å². The molecule has 1 aromatic rings. The number of hydrogen-bond acceptors (Lipinski definition) is 5. The van der Waals surface area contributed by atoms with E-state index in [-0.39, 0.29) is 24.3 Å². The zero-order chi connectivity index (χ0) is 16.2. The van der Waals surface area contributed by atoms with Gasteiger partial charge in [0.05, 0.1) is 12.0 Å². The third kappa shape index (κ3) is 3.36. The zero-order valence-corrected chi connectivity index (χ0v) is 13.0. The third-order valence-electron chi connectivity index (χ3n) is 3.38. The zero-order valence-electron chi connectivity index (χ0n) is 12.2. The van der Waals surface area contributed by atoms with Crippen molar-refractivity contribution in [3.63, 3.8) is 0 Å². The number of methoxy groups -OCH3 is 1. The molecule has 0 aliphatic carbocycles. The number of carbonyl (C=O) groups excluding carboxylic acids is 2. The summed E-state index contributed by atoms with van der Waals surface area (Å²) in [5, 5.41) is 0. The molecule has 0 saturated carbocycles. The van der Waals surface area contributed by atoms with E-state index in [2.05, 4.69) is 4.74 Å². The second-order valence-corrected chi connectivity index (χ2v) is 6.65. The van der Waals surface area contributed by atoms with Gasteiger partial charge in [0, 0.05) is 18.5 Å². The van der Waals surface area contributed by atoms with Crippen LogP contribution in [0.4, 0.5) is 0 Å². The highest BCUT2D eigenvalue weighted by Gasteiger charge is 2.32. The highest BCUT2D eigenvalue weighted by atomic mass is 32.2. The molecule has 22 heavy (non-hydrogen) atoms. The van der Waals surface area contributed by atoms with Crippen LogP contribution >= 0.6 is 0 Å². The lowest BCUT2D eigenvalue weighted by Crippen LogP contribution is -2.40. The van der Waals surface area contributed by atoms with E-state index in [0.717, 1.165) is 4.31 Å². The van der Waals surface area contributed by atoms with E-state index in [4.69, 9.17) is 0 Å². The smallest absolute Gasteiger partial charge is 0.305 e. The first kappa shape index (κ1) is 16.2. The van der Waals surface area contributed by atoms with Crippen LogP contribution < -0.4 is 0 Å². The minimum atomic E-state index is -3.86. The molecule has 0 saturated heterocycles. The normalized spacial score (nSPS) is 15.4. The maximum absolute atomic E-state index is 12.5. The molecule has 2 rings (SSSR count). The standard InChI is InChI=1S/C15H17NO5S/c1-21-14(17)10-9-12-6-5-11-16(15(12)18)22(19,20)13-7-3-2-4-8-13/h2-4,6-8H,5,9-11H2,1H3. The van der Waals surface area contributed by atoms with Gasteiger partial charge in [-0.05, 0) is 25.0 Å². The number of sulfonamides is 1. The number of rotatable bonds is 5. The van der Waals surface area contributed by atoms with Crippen LogP contribution in [0, 0.1) is 0 Å². The van der Waals surface area contributed by atoms with E-state index in [0.29, 0.717) is 12.0 Å². The van der Waals surface area contributed by atoms with Crippen molar-refractivity contribution in [2.75, 3.05) is 13.7 Å². The summed E-state index contributed by atoms with van der Waals surface area (Å²) in [6.07, 6.45) is 2.34. The molecule has 1 heterocycles. The maximum atomic E-state index is 12.5. The molecule has 1 aliphatic rings.